The molecular weight excluding hydrogens is 264 g/mol. The fourth-order valence-electron chi connectivity index (χ4n) is 1.74. The summed E-state index contributed by atoms with van der Waals surface area (Å²) in [4.78, 5) is 0. The topological polar surface area (TPSA) is 67.2 Å². The SMILES string of the molecule is C=Cn1cc(CNCCCN(CC)S(C)(=O)=O)cn1. The smallest absolute Gasteiger partial charge is 0.211 e. The van der Waals surface area contributed by atoms with Gasteiger partial charge in [0.05, 0.1) is 12.5 Å². The minimum absolute atomic E-state index is 0.519. The summed E-state index contributed by atoms with van der Waals surface area (Å²) in [5, 5.41) is 7.34. The Morgan fingerprint density at radius 3 is 2.84 bits per heavy atom. The largest absolute Gasteiger partial charge is 0.313 e. The van der Waals surface area contributed by atoms with Gasteiger partial charge in [-0.15, -0.1) is 0 Å². The third-order valence-corrected chi connectivity index (χ3v) is 4.13. The van der Waals surface area contributed by atoms with Gasteiger partial charge in [-0.1, -0.05) is 13.5 Å². The van der Waals surface area contributed by atoms with E-state index in [1.54, 1.807) is 17.1 Å². The van der Waals surface area contributed by atoms with E-state index >= 15 is 0 Å². The third kappa shape index (κ3) is 5.54. The summed E-state index contributed by atoms with van der Waals surface area (Å²) >= 11 is 0. The molecule has 1 aromatic heterocycles. The van der Waals surface area contributed by atoms with E-state index in [9.17, 15) is 8.42 Å². The molecule has 0 aromatic carbocycles. The van der Waals surface area contributed by atoms with E-state index in [-0.39, 0.29) is 0 Å². The predicted molar refractivity (Wildman–Crippen MR) is 77.0 cm³/mol. The van der Waals surface area contributed by atoms with Crippen LogP contribution in [0.5, 0.6) is 0 Å². The van der Waals surface area contributed by atoms with Crippen LogP contribution in [0.15, 0.2) is 19.0 Å². The van der Waals surface area contributed by atoms with Gasteiger partial charge in [-0.3, -0.25) is 0 Å². The lowest BCUT2D eigenvalue weighted by molar-refractivity contribution is 0.419. The lowest BCUT2D eigenvalue weighted by Gasteiger charge is -2.17. The minimum atomic E-state index is -3.07. The fraction of sp³-hybridized carbons (Fsp3) is 0.583. The summed E-state index contributed by atoms with van der Waals surface area (Å²) in [6.45, 7) is 8.03. The van der Waals surface area contributed by atoms with E-state index in [2.05, 4.69) is 17.0 Å². The highest BCUT2D eigenvalue weighted by molar-refractivity contribution is 7.88. The van der Waals surface area contributed by atoms with E-state index in [0.717, 1.165) is 25.1 Å². The average Bonchev–Trinajstić information content (AvgIpc) is 2.80. The van der Waals surface area contributed by atoms with Crippen molar-refractivity contribution >= 4 is 16.2 Å². The molecule has 0 atom stereocenters. The Hall–Kier alpha value is -1.18. The fourth-order valence-corrected chi connectivity index (χ4v) is 2.67. The van der Waals surface area contributed by atoms with Gasteiger partial charge in [-0.25, -0.2) is 17.4 Å². The Balaban J connectivity index is 2.22. The summed E-state index contributed by atoms with van der Waals surface area (Å²) < 4.78 is 25.9. The molecule has 0 amide bonds. The molecule has 0 bridgehead atoms. The molecule has 0 saturated carbocycles. The highest BCUT2D eigenvalue weighted by Crippen LogP contribution is 1.99. The van der Waals surface area contributed by atoms with Crippen molar-refractivity contribution < 1.29 is 8.42 Å². The first-order valence-corrected chi connectivity index (χ1v) is 8.13. The molecule has 1 heterocycles. The molecule has 0 spiro atoms. The van der Waals surface area contributed by atoms with Gasteiger partial charge in [0.15, 0.2) is 0 Å². The Morgan fingerprint density at radius 1 is 1.58 bits per heavy atom. The van der Waals surface area contributed by atoms with Crippen LogP contribution in [0.4, 0.5) is 0 Å². The standard InChI is InChI=1S/C12H22N4O2S/c1-4-15-11-12(10-14-15)9-13-7-6-8-16(5-2)19(3,17)18/h4,10-11,13H,1,5-9H2,2-3H3. The zero-order valence-corrected chi connectivity index (χ0v) is 12.4. The maximum atomic E-state index is 11.4. The van der Waals surface area contributed by atoms with Crippen LogP contribution < -0.4 is 5.32 Å². The van der Waals surface area contributed by atoms with Crippen LogP contribution in [-0.2, 0) is 16.6 Å². The van der Waals surface area contributed by atoms with Crippen LogP contribution in [0.3, 0.4) is 0 Å². The zero-order valence-electron chi connectivity index (χ0n) is 11.5. The molecule has 6 nitrogen and oxygen atoms in total. The molecule has 0 aliphatic carbocycles. The first kappa shape index (κ1) is 15.9. The number of sulfonamides is 1. The molecule has 1 rings (SSSR count). The first-order chi connectivity index (χ1) is 8.97. The van der Waals surface area contributed by atoms with Gasteiger partial charge in [-0.05, 0) is 13.0 Å². The molecule has 0 aliphatic rings. The quantitative estimate of drug-likeness (QED) is 0.680. The van der Waals surface area contributed by atoms with Crippen molar-refractivity contribution in [2.24, 2.45) is 0 Å². The highest BCUT2D eigenvalue weighted by atomic mass is 32.2. The van der Waals surface area contributed by atoms with Crippen molar-refractivity contribution in [3.63, 3.8) is 0 Å². The molecule has 1 aromatic rings. The highest BCUT2D eigenvalue weighted by Gasteiger charge is 2.12. The lowest BCUT2D eigenvalue weighted by atomic mass is 10.3. The van der Waals surface area contributed by atoms with E-state index in [4.69, 9.17) is 0 Å². The molecule has 1 N–H and O–H groups in total. The minimum Gasteiger partial charge on any atom is -0.313 e. The number of hydrogen-bond donors (Lipinski definition) is 1. The zero-order chi connectivity index (χ0) is 14.3. The first-order valence-electron chi connectivity index (χ1n) is 6.28. The molecule has 19 heavy (non-hydrogen) atoms. The third-order valence-electron chi connectivity index (χ3n) is 2.75. The van der Waals surface area contributed by atoms with Crippen molar-refractivity contribution in [3.05, 3.63) is 24.5 Å². The van der Waals surface area contributed by atoms with E-state index in [1.807, 2.05) is 13.1 Å². The van der Waals surface area contributed by atoms with E-state index < -0.39 is 10.0 Å². The van der Waals surface area contributed by atoms with Crippen LogP contribution in [0, 0.1) is 0 Å². The van der Waals surface area contributed by atoms with Gasteiger partial charge < -0.3 is 5.32 Å². The van der Waals surface area contributed by atoms with E-state index in [0.29, 0.717) is 13.1 Å². The number of rotatable bonds is 9. The number of hydrogen-bond acceptors (Lipinski definition) is 4. The van der Waals surface area contributed by atoms with Crippen molar-refractivity contribution in [1.82, 2.24) is 19.4 Å². The summed E-state index contributed by atoms with van der Waals surface area (Å²) in [6.07, 6.45) is 7.34. The van der Waals surface area contributed by atoms with Gasteiger partial charge in [0.1, 0.15) is 0 Å². The van der Waals surface area contributed by atoms with Gasteiger partial charge >= 0.3 is 0 Å². The molecule has 108 valence electrons. The average molecular weight is 286 g/mol. The van der Waals surface area contributed by atoms with Crippen LogP contribution in [0.2, 0.25) is 0 Å². The van der Waals surface area contributed by atoms with Crippen LogP contribution in [0.25, 0.3) is 6.20 Å². The monoisotopic (exact) mass is 286 g/mol. The van der Waals surface area contributed by atoms with Gasteiger partial charge in [-0.2, -0.15) is 5.10 Å². The summed E-state index contributed by atoms with van der Waals surface area (Å²) in [7, 11) is -3.07. The van der Waals surface area contributed by atoms with Crippen LogP contribution in [-0.4, -0.2) is 48.4 Å². The van der Waals surface area contributed by atoms with Gasteiger partial charge in [0.25, 0.3) is 0 Å². The second kappa shape index (κ2) is 7.42. The molecule has 0 saturated heterocycles. The van der Waals surface area contributed by atoms with Crippen molar-refractivity contribution in [1.29, 1.82) is 0 Å². The van der Waals surface area contributed by atoms with Crippen molar-refractivity contribution in [2.45, 2.75) is 19.9 Å². The number of nitrogens with zero attached hydrogens (tertiary/aromatic N) is 3. The van der Waals surface area contributed by atoms with E-state index in [1.165, 1.54) is 10.6 Å². The number of aromatic nitrogens is 2. The maximum Gasteiger partial charge on any atom is 0.211 e. The summed E-state index contributed by atoms with van der Waals surface area (Å²) in [5.41, 5.74) is 1.08. The Kier molecular flexibility index (Phi) is 6.20. The van der Waals surface area contributed by atoms with Crippen LogP contribution in [0.1, 0.15) is 18.9 Å². The van der Waals surface area contributed by atoms with Crippen molar-refractivity contribution in [3.8, 4) is 0 Å². The predicted octanol–water partition coefficient (Wildman–Crippen LogP) is 0.745. The second-order valence-electron chi connectivity index (χ2n) is 4.30. The molecule has 0 fully saturated rings. The Labute approximate surface area is 115 Å². The summed E-state index contributed by atoms with van der Waals surface area (Å²) in [5.74, 6) is 0. The van der Waals surface area contributed by atoms with Crippen molar-refractivity contribution in [2.75, 3.05) is 25.9 Å². The maximum absolute atomic E-state index is 11.4. The molecule has 7 heteroatoms. The van der Waals surface area contributed by atoms with Gasteiger partial charge in [0, 0.05) is 37.6 Å². The second-order valence-corrected chi connectivity index (χ2v) is 6.28. The Morgan fingerprint density at radius 2 is 2.32 bits per heavy atom. The Bertz CT molecular complexity index is 496. The number of nitrogens with one attached hydrogen (secondary N) is 1. The lowest BCUT2D eigenvalue weighted by Crippen LogP contribution is -2.32. The molecule has 0 radical (unpaired) electrons. The van der Waals surface area contributed by atoms with Gasteiger partial charge in [0.2, 0.25) is 10.0 Å². The molecule has 0 unspecified atom stereocenters. The summed E-state index contributed by atoms with van der Waals surface area (Å²) in [6, 6.07) is 0. The molecule has 0 aliphatic heterocycles. The normalized spacial score (nSPS) is 11.9. The molecular formula is C12H22N4O2S. The van der Waals surface area contributed by atoms with Crippen LogP contribution >= 0.6 is 0 Å².